The number of aromatic nitrogens is 1. The first-order chi connectivity index (χ1) is 6.50. The molecule has 0 saturated carbocycles. The van der Waals surface area contributed by atoms with Crippen molar-refractivity contribution in [1.82, 2.24) is 4.98 Å². The number of aliphatic carboxylic acids is 1. The Balaban J connectivity index is 2.82. The van der Waals surface area contributed by atoms with Crippen molar-refractivity contribution in [2.45, 2.75) is 13.0 Å². The largest absolute Gasteiger partial charge is 0.480 e. The molecule has 0 spiro atoms. The van der Waals surface area contributed by atoms with E-state index < -0.39 is 12.0 Å². The fourth-order valence-corrected chi connectivity index (χ4v) is 1.47. The van der Waals surface area contributed by atoms with Gasteiger partial charge < -0.3 is 10.4 Å². The lowest BCUT2D eigenvalue weighted by Crippen LogP contribution is -2.25. The van der Waals surface area contributed by atoms with Gasteiger partial charge in [0, 0.05) is 10.7 Å². The van der Waals surface area contributed by atoms with Crippen molar-refractivity contribution in [3.8, 4) is 0 Å². The number of rotatable bonds is 3. The van der Waals surface area contributed by atoms with E-state index in [1.807, 2.05) is 0 Å². The maximum Gasteiger partial charge on any atom is 0.325 e. The molecule has 4 nitrogen and oxygen atoms in total. The van der Waals surface area contributed by atoms with Crippen LogP contribution >= 0.6 is 27.5 Å². The average molecular weight is 280 g/mol. The van der Waals surface area contributed by atoms with Crippen molar-refractivity contribution in [3.63, 3.8) is 0 Å². The first kappa shape index (κ1) is 11.3. The van der Waals surface area contributed by atoms with Crippen LogP contribution in [0.3, 0.4) is 0 Å². The molecule has 1 heterocycles. The molecule has 0 aliphatic heterocycles. The van der Waals surface area contributed by atoms with Crippen LogP contribution in [0, 0.1) is 0 Å². The Kier molecular flexibility index (Phi) is 3.71. The lowest BCUT2D eigenvalue weighted by atomic mass is 10.3. The third-order valence-corrected chi connectivity index (χ3v) is 2.25. The number of halogens is 2. The van der Waals surface area contributed by atoms with Crippen LogP contribution in [-0.2, 0) is 4.79 Å². The summed E-state index contributed by atoms with van der Waals surface area (Å²) in [6.45, 7) is 1.52. The van der Waals surface area contributed by atoms with Crippen molar-refractivity contribution < 1.29 is 9.90 Å². The average Bonchev–Trinajstić information content (AvgIpc) is 2.09. The highest BCUT2D eigenvalue weighted by molar-refractivity contribution is 9.10. The van der Waals surface area contributed by atoms with Gasteiger partial charge in [-0.05, 0) is 28.9 Å². The Morgan fingerprint density at radius 1 is 1.79 bits per heavy atom. The van der Waals surface area contributed by atoms with Gasteiger partial charge in [0.2, 0.25) is 0 Å². The molecule has 1 rings (SSSR count). The second-order valence-electron chi connectivity index (χ2n) is 2.69. The first-order valence-corrected chi connectivity index (χ1v) is 4.98. The minimum absolute atomic E-state index is 0.366. The molecule has 6 heteroatoms. The number of anilines is 1. The summed E-state index contributed by atoms with van der Waals surface area (Å²) in [5.41, 5.74) is 0. The third-order valence-electron chi connectivity index (χ3n) is 1.53. The van der Waals surface area contributed by atoms with Crippen LogP contribution in [0.5, 0.6) is 0 Å². The minimum Gasteiger partial charge on any atom is -0.480 e. The molecule has 0 bridgehead atoms. The van der Waals surface area contributed by atoms with Crippen molar-refractivity contribution in [2.24, 2.45) is 0 Å². The van der Waals surface area contributed by atoms with E-state index in [0.717, 1.165) is 4.47 Å². The quantitative estimate of drug-likeness (QED) is 0.892. The summed E-state index contributed by atoms with van der Waals surface area (Å²) >= 11 is 9.03. The Labute approximate surface area is 94.4 Å². The van der Waals surface area contributed by atoms with E-state index in [1.165, 1.54) is 6.92 Å². The van der Waals surface area contributed by atoms with Crippen LogP contribution in [0.25, 0.3) is 0 Å². The molecule has 76 valence electrons. The predicted molar refractivity (Wildman–Crippen MR) is 57.7 cm³/mol. The SMILES string of the molecule is C[C@H](Nc1ncc(Br)cc1Cl)C(=O)O. The minimum atomic E-state index is -0.953. The van der Waals surface area contributed by atoms with Gasteiger partial charge in [0.05, 0.1) is 5.02 Å². The van der Waals surface area contributed by atoms with Gasteiger partial charge in [0.1, 0.15) is 11.9 Å². The topological polar surface area (TPSA) is 62.2 Å². The number of carboxylic acids is 1. The van der Waals surface area contributed by atoms with Gasteiger partial charge in [0.25, 0.3) is 0 Å². The van der Waals surface area contributed by atoms with Gasteiger partial charge >= 0.3 is 5.97 Å². The Morgan fingerprint density at radius 2 is 2.43 bits per heavy atom. The molecule has 0 radical (unpaired) electrons. The standard InChI is InChI=1S/C8H8BrClN2O2/c1-4(8(13)14)12-7-6(10)2-5(9)3-11-7/h2-4H,1H3,(H,11,12)(H,13,14)/t4-/m0/s1. The summed E-state index contributed by atoms with van der Waals surface area (Å²) in [5, 5.41) is 11.7. The van der Waals surface area contributed by atoms with Crippen molar-refractivity contribution in [2.75, 3.05) is 5.32 Å². The highest BCUT2D eigenvalue weighted by Crippen LogP contribution is 2.23. The van der Waals surface area contributed by atoms with Crippen LogP contribution in [0.4, 0.5) is 5.82 Å². The summed E-state index contributed by atoms with van der Waals surface area (Å²) in [6, 6.07) is 0.923. The lowest BCUT2D eigenvalue weighted by molar-refractivity contribution is -0.137. The van der Waals surface area contributed by atoms with Gasteiger partial charge in [-0.25, -0.2) is 4.98 Å². The summed E-state index contributed by atoms with van der Waals surface area (Å²) in [5.74, 6) is -0.587. The van der Waals surface area contributed by atoms with E-state index >= 15 is 0 Å². The van der Waals surface area contributed by atoms with Gasteiger partial charge in [0.15, 0.2) is 0 Å². The van der Waals surface area contributed by atoms with Crippen molar-refractivity contribution in [3.05, 3.63) is 21.8 Å². The molecule has 14 heavy (non-hydrogen) atoms. The predicted octanol–water partition coefficient (Wildman–Crippen LogP) is 2.38. The Hall–Kier alpha value is -0.810. The number of hydrogen-bond acceptors (Lipinski definition) is 3. The Bertz CT molecular complexity index is 359. The van der Waals surface area contributed by atoms with Crippen LogP contribution < -0.4 is 5.32 Å². The first-order valence-electron chi connectivity index (χ1n) is 3.81. The second kappa shape index (κ2) is 4.61. The molecule has 0 saturated heterocycles. The Morgan fingerprint density at radius 3 is 2.93 bits per heavy atom. The molecule has 2 N–H and O–H groups in total. The molecule has 0 amide bonds. The molecule has 0 aromatic carbocycles. The molecule has 0 aliphatic carbocycles. The van der Waals surface area contributed by atoms with E-state index in [2.05, 4.69) is 26.2 Å². The van der Waals surface area contributed by atoms with E-state index in [1.54, 1.807) is 12.3 Å². The normalized spacial score (nSPS) is 12.2. The summed E-state index contributed by atoms with van der Waals surface area (Å²) in [6.07, 6.45) is 1.54. The lowest BCUT2D eigenvalue weighted by Gasteiger charge is -2.10. The molecular formula is C8H8BrClN2O2. The number of pyridine rings is 1. The van der Waals surface area contributed by atoms with Gasteiger partial charge in [-0.2, -0.15) is 0 Å². The summed E-state index contributed by atoms with van der Waals surface area (Å²) in [4.78, 5) is 14.5. The smallest absolute Gasteiger partial charge is 0.325 e. The fourth-order valence-electron chi connectivity index (χ4n) is 0.788. The second-order valence-corrected chi connectivity index (χ2v) is 4.01. The summed E-state index contributed by atoms with van der Waals surface area (Å²) in [7, 11) is 0. The fraction of sp³-hybridized carbons (Fsp3) is 0.250. The van der Waals surface area contributed by atoms with Crippen LogP contribution in [-0.4, -0.2) is 22.1 Å². The molecule has 0 aliphatic rings. The molecular weight excluding hydrogens is 271 g/mol. The number of nitrogens with zero attached hydrogens (tertiary/aromatic N) is 1. The number of carbonyl (C=O) groups is 1. The zero-order valence-electron chi connectivity index (χ0n) is 7.29. The highest BCUT2D eigenvalue weighted by atomic mass is 79.9. The number of nitrogens with one attached hydrogen (secondary N) is 1. The monoisotopic (exact) mass is 278 g/mol. The van der Waals surface area contributed by atoms with Crippen molar-refractivity contribution >= 4 is 39.3 Å². The molecule has 0 unspecified atom stereocenters. The van der Waals surface area contributed by atoms with E-state index in [4.69, 9.17) is 16.7 Å². The molecule has 0 fully saturated rings. The van der Waals surface area contributed by atoms with Gasteiger partial charge in [-0.3, -0.25) is 4.79 Å². The van der Waals surface area contributed by atoms with E-state index in [9.17, 15) is 4.79 Å². The van der Waals surface area contributed by atoms with E-state index in [-0.39, 0.29) is 0 Å². The third kappa shape index (κ3) is 2.85. The zero-order valence-corrected chi connectivity index (χ0v) is 9.63. The molecule has 1 aromatic heterocycles. The van der Waals surface area contributed by atoms with Gasteiger partial charge in [-0.15, -0.1) is 0 Å². The van der Waals surface area contributed by atoms with Crippen LogP contribution in [0.2, 0.25) is 5.02 Å². The maximum absolute atomic E-state index is 10.5. The van der Waals surface area contributed by atoms with Crippen LogP contribution in [0.15, 0.2) is 16.7 Å². The molecule has 1 aromatic rings. The highest BCUT2D eigenvalue weighted by Gasteiger charge is 2.12. The van der Waals surface area contributed by atoms with E-state index in [0.29, 0.717) is 10.8 Å². The molecule has 1 atom stereocenters. The van der Waals surface area contributed by atoms with Crippen molar-refractivity contribution in [1.29, 1.82) is 0 Å². The summed E-state index contributed by atoms with van der Waals surface area (Å²) < 4.78 is 0.746. The number of hydrogen-bond donors (Lipinski definition) is 2. The number of carboxylic acid groups (broad SMARTS) is 1. The zero-order chi connectivity index (χ0) is 10.7. The van der Waals surface area contributed by atoms with Gasteiger partial charge in [-0.1, -0.05) is 11.6 Å². The maximum atomic E-state index is 10.5. The van der Waals surface area contributed by atoms with Crippen LogP contribution in [0.1, 0.15) is 6.92 Å².